The number of fused-ring (bicyclic) bond motifs is 1. The van der Waals surface area contributed by atoms with E-state index in [9.17, 15) is 0 Å². The Bertz CT molecular complexity index is 488. The smallest absolute Gasteiger partial charge is 0.127 e. The van der Waals surface area contributed by atoms with Crippen molar-refractivity contribution in [3.05, 3.63) is 28.3 Å². The predicted octanol–water partition coefficient (Wildman–Crippen LogP) is 4.19. The average Bonchev–Trinajstić information content (AvgIpc) is 2.88. The molecule has 3 rings (SSSR count). The van der Waals surface area contributed by atoms with Gasteiger partial charge in [0.2, 0.25) is 0 Å². The fourth-order valence-electron chi connectivity index (χ4n) is 3.46. The van der Waals surface area contributed by atoms with Crippen LogP contribution >= 0.6 is 11.6 Å². The summed E-state index contributed by atoms with van der Waals surface area (Å²) in [5.74, 6) is 2.76. The van der Waals surface area contributed by atoms with Gasteiger partial charge in [0, 0.05) is 29.6 Å². The van der Waals surface area contributed by atoms with E-state index in [0.29, 0.717) is 6.04 Å². The molecule has 3 unspecified atom stereocenters. The van der Waals surface area contributed by atoms with Gasteiger partial charge in [0.15, 0.2) is 0 Å². The van der Waals surface area contributed by atoms with Crippen molar-refractivity contribution in [3.63, 3.8) is 0 Å². The molecule has 2 nitrogen and oxygen atoms in total. The number of hydrogen-bond donors (Lipinski definition) is 1. The topological polar surface area (TPSA) is 21.3 Å². The van der Waals surface area contributed by atoms with Crippen LogP contribution in [0.2, 0.25) is 5.02 Å². The molecule has 1 aliphatic carbocycles. The minimum Gasteiger partial charge on any atom is -0.493 e. The molecule has 1 saturated carbocycles. The van der Waals surface area contributed by atoms with Crippen LogP contribution in [-0.2, 0) is 13.0 Å². The van der Waals surface area contributed by atoms with E-state index in [2.05, 4.69) is 19.2 Å². The number of rotatable bonds is 3. The molecular formula is C17H24ClNO. The normalized spacial score (nSPS) is 29.1. The summed E-state index contributed by atoms with van der Waals surface area (Å²) in [6, 6.07) is 4.72. The monoisotopic (exact) mass is 293 g/mol. The van der Waals surface area contributed by atoms with Gasteiger partial charge in [0.05, 0.1) is 6.61 Å². The van der Waals surface area contributed by atoms with Crippen LogP contribution in [0, 0.1) is 11.8 Å². The highest BCUT2D eigenvalue weighted by atomic mass is 35.5. The average molecular weight is 294 g/mol. The van der Waals surface area contributed by atoms with Crippen LogP contribution in [0.5, 0.6) is 5.75 Å². The summed E-state index contributed by atoms with van der Waals surface area (Å²) in [6.07, 6.45) is 4.89. The summed E-state index contributed by atoms with van der Waals surface area (Å²) in [4.78, 5) is 0. The second-order valence-corrected chi connectivity index (χ2v) is 6.93. The highest BCUT2D eigenvalue weighted by molar-refractivity contribution is 6.30. The molecule has 0 spiro atoms. The van der Waals surface area contributed by atoms with E-state index < -0.39 is 0 Å². The van der Waals surface area contributed by atoms with Crippen molar-refractivity contribution < 1.29 is 4.74 Å². The number of halogens is 1. The van der Waals surface area contributed by atoms with E-state index >= 15 is 0 Å². The summed E-state index contributed by atoms with van der Waals surface area (Å²) in [5.41, 5.74) is 2.48. The Labute approximate surface area is 126 Å². The Hall–Kier alpha value is -0.730. The molecule has 110 valence electrons. The van der Waals surface area contributed by atoms with Crippen LogP contribution in [0.4, 0.5) is 0 Å². The molecular weight excluding hydrogens is 270 g/mol. The third-order valence-electron chi connectivity index (χ3n) is 5.00. The molecule has 0 saturated heterocycles. The first kappa shape index (κ1) is 14.2. The van der Waals surface area contributed by atoms with E-state index in [1.54, 1.807) is 0 Å². The molecule has 0 amide bonds. The molecule has 1 aliphatic heterocycles. The lowest BCUT2D eigenvalue weighted by Gasteiger charge is -2.32. The van der Waals surface area contributed by atoms with Gasteiger partial charge in [-0.25, -0.2) is 0 Å². The van der Waals surface area contributed by atoms with Crippen molar-refractivity contribution >= 4 is 11.6 Å². The van der Waals surface area contributed by atoms with Gasteiger partial charge in [-0.2, -0.15) is 0 Å². The second kappa shape index (κ2) is 5.95. The fourth-order valence-corrected chi connectivity index (χ4v) is 3.73. The lowest BCUT2D eigenvalue weighted by molar-refractivity contribution is 0.225. The third kappa shape index (κ3) is 2.96. The van der Waals surface area contributed by atoms with Crippen molar-refractivity contribution in [2.75, 3.05) is 6.61 Å². The van der Waals surface area contributed by atoms with Crippen LogP contribution in [0.25, 0.3) is 0 Å². The molecule has 20 heavy (non-hydrogen) atoms. The quantitative estimate of drug-likeness (QED) is 0.902. The number of hydrogen-bond acceptors (Lipinski definition) is 2. The Morgan fingerprint density at radius 1 is 1.25 bits per heavy atom. The first-order valence-corrected chi connectivity index (χ1v) is 8.18. The molecule has 3 heteroatoms. The minimum atomic E-state index is 0.636. The van der Waals surface area contributed by atoms with Crippen LogP contribution in [0.15, 0.2) is 12.1 Å². The maximum atomic E-state index is 6.21. The van der Waals surface area contributed by atoms with Gasteiger partial charge in [-0.1, -0.05) is 25.4 Å². The van der Waals surface area contributed by atoms with Gasteiger partial charge < -0.3 is 10.1 Å². The molecule has 0 radical (unpaired) electrons. The van der Waals surface area contributed by atoms with Crippen LogP contribution in [0.1, 0.15) is 44.2 Å². The molecule has 1 aromatic rings. The molecule has 0 bridgehead atoms. The largest absolute Gasteiger partial charge is 0.493 e. The van der Waals surface area contributed by atoms with Crippen molar-refractivity contribution in [2.24, 2.45) is 11.8 Å². The highest BCUT2D eigenvalue weighted by Crippen LogP contribution is 2.34. The van der Waals surface area contributed by atoms with Crippen LogP contribution in [0.3, 0.4) is 0 Å². The van der Waals surface area contributed by atoms with Gasteiger partial charge >= 0.3 is 0 Å². The zero-order valence-electron chi connectivity index (χ0n) is 12.4. The number of benzene rings is 1. The Balaban J connectivity index is 1.64. The molecule has 1 fully saturated rings. The highest BCUT2D eigenvalue weighted by Gasteiger charge is 2.25. The SMILES string of the molecule is CC1CCC(NCc2cc(Cl)cc3c2OCC3)CC1C. The predicted molar refractivity (Wildman–Crippen MR) is 83.5 cm³/mol. The van der Waals surface area contributed by atoms with Gasteiger partial charge in [-0.05, 0) is 48.8 Å². The summed E-state index contributed by atoms with van der Waals surface area (Å²) in [5, 5.41) is 4.54. The Morgan fingerprint density at radius 3 is 2.90 bits per heavy atom. The summed E-state index contributed by atoms with van der Waals surface area (Å²) in [7, 11) is 0. The fraction of sp³-hybridized carbons (Fsp3) is 0.647. The van der Waals surface area contributed by atoms with Crippen LogP contribution < -0.4 is 10.1 Å². The van der Waals surface area contributed by atoms with Gasteiger partial charge in [-0.3, -0.25) is 0 Å². The van der Waals surface area contributed by atoms with Crippen molar-refractivity contribution in [1.82, 2.24) is 5.32 Å². The van der Waals surface area contributed by atoms with E-state index in [-0.39, 0.29) is 0 Å². The first-order chi connectivity index (χ1) is 9.63. The zero-order chi connectivity index (χ0) is 14.1. The van der Waals surface area contributed by atoms with E-state index in [1.807, 2.05) is 12.1 Å². The van der Waals surface area contributed by atoms with E-state index in [4.69, 9.17) is 16.3 Å². The molecule has 1 N–H and O–H groups in total. The second-order valence-electron chi connectivity index (χ2n) is 6.50. The number of nitrogens with one attached hydrogen (secondary N) is 1. The van der Waals surface area contributed by atoms with Crippen molar-refractivity contribution in [3.8, 4) is 5.75 Å². The summed E-state index contributed by atoms with van der Waals surface area (Å²) >= 11 is 6.21. The number of ether oxygens (including phenoxy) is 1. The van der Waals surface area contributed by atoms with Gasteiger partial charge in [0.1, 0.15) is 5.75 Å². The maximum absolute atomic E-state index is 6.21. The van der Waals surface area contributed by atoms with E-state index in [0.717, 1.165) is 42.2 Å². The zero-order valence-corrected chi connectivity index (χ0v) is 13.2. The molecule has 3 atom stereocenters. The lowest BCUT2D eigenvalue weighted by atomic mass is 9.79. The van der Waals surface area contributed by atoms with Gasteiger partial charge in [-0.15, -0.1) is 0 Å². The molecule has 0 aromatic heterocycles. The standard InChI is InChI=1S/C17H24ClNO/c1-11-3-4-16(7-12(11)2)19-10-14-9-15(18)8-13-5-6-20-17(13)14/h8-9,11-12,16,19H,3-7,10H2,1-2H3. The minimum absolute atomic E-state index is 0.636. The maximum Gasteiger partial charge on any atom is 0.127 e. The molecule has 2 aliphatic rings. The van der Waals surface area contributed by atoms with Crippen molar-refractivity contribution in [2.45, 2.75) is 52.1 Å². The van der Waals surface area contributed by atoms with E-state index in [1.165, 1.54) is 30.4 Å². The van der Waals surface area contributed by atoms with Crippen molar-refractivity contribution in [1.29, 1.82) is 0 Å². The molecule has 1 aromatic carbocycles. The van der Waals surface area contributed by atoms with Gasteiger partial charge in [0.25, 0.3) is 0 Å². The Kier molecular flexibility index (Phi) is 4.23. The lowest BCUT2D eigenvalue weighted by Crippen LogP contribution is -2.35. The third-order valence-corrected chi connectivity index (χ3v) is 5.22. The van der Waals surface area contributed by atoms with Crippen LogP contribution in [-0.4, -0.2) is 12.6 Å². The molecule has 1 heterocycles. The first-order valence-electron chi connectivity index (χ1n) is 7.81. The summed E-state index contributed by atoms with van der Waals surface area (Å²) < 4.78 is 5.76. The Morgan fingerprint density at radius 2 is 2.10 bits per heavy atom. The summed E-state index contributed by atoms with van der Waals surface area (Å²) in [6.45, 7) is 6.41.